The minimum Gasteiger partial charge on any atom is -0.383 e. The van der Waals surface area contributed by atoms with E-state index in [1.165, 1.54) is 13.8 Å². The summed E-state index contributed by atoms with van der Waals surface area (Å²) in [5.74, 6) is -0.834. The summed E-state index contributed by atoms with van der Waals surface area (Å²) in [6, 6.07) is 0. The monoisotopic (exact) mass is 363 g/mol. The SMILES string of the molecule is CC(C)(COP(=O)(O)OP(=O)(O)O)[C@@H](O)C(=O)NCCC=O. The summed E-state index contributed by atoms with van der Waals surface area (Å²) in [6.45, 7) is 1.93. The Kier molecular flexibility index (Phi) is 8.04. The molecule has 1 unspecified atom stereocenters. The van der Waals surface area contributed by atoms with E-state index in [0.717, 1.165) is 0 Å². The van der Waals surface area contributed by atoms with Crippen molar-refractivity contribution < 1.29 is 47.3 Å². The first-order chi connectivity index (χ1) is 9.81. The molecule has 0 fully saturated rings. The van der Waals surface area contributed by atoms with Crippen LogP contribution in [0.25, 0.3) is 0 Å². The maximum Gasteiger partial charge on any atom is 0.481 e. The fraction of sp³-hybridized carbons (Fsp3) is 0.778. The molecule has 2 atom stereocenters. The molecule has 0 bridgehead atoms. The van der Waals surface area contributed by atoms with Gasteiger partial charge in [0.2, 0.25) is 5.91 Å². The number of rotatable bonds is 10. The summed E-state index contributed by atoms with van der Waals surface area (Å²) in [7, 11) is -10.3. The highest BCUT2D eigenvalue weighted by atomic mass is 31.3. The molecule has 0 aliphatic carbocycles. The average molecular weight is 363 g/mol. The first kappa shape index (κ1) is 21.4. The third-order valence-electron chi connectivity index (χ3n) is 2.36. The number of aliphatic hydroxyl groups is 1. The van der Waals surface area contributed by atoms with Crippen LogP contribution in [-0.2, 0) is 27.6 Å². The number of nitrogens with one attached hydrogen (secondary N) is 1. The standard InChI is InChI=1S/C9H19NO10P2/c1-9(2,7(12)8(13)10-4-3-5-11)6-19-22(17,18)20-21(14,15)16/h5,7,12H,3-4,6H2,1-2H3,(H,10,13)(H,17,18)(H2,14,15,16)/t7-/m0/s1. The normalized spacial score (nSPS) is 16.6. The van der Waals surface area contributed by atoms with Crippen LogP contribution in [0.15, 0.2) is 0 Å². The van der Waals surface area contributed by atoms with Gasteiger partial charge < -0.3 is 29.9 Å². The van der Waals surface area contributed by atoms with Crippen molar-refractivity contribution in [2.24, 2.45) is 5.41 Å². The van der Waals surface area contributed by atoms with Crippen molar-refractivity contribution in [2.75, 3.05) is 13.2 Å². The molecule has 0 spiro atoms. The molecule has 13 heteroatoms. The zero-order valence-corrected chi connectivity index (χ0v) is 13.7. The molecule has 0 aromatic heterocycles. The second kappa shape index (κ2) is 8.28. The molecular formula is C9H19NO10P2. The lowest BCUT2D eigenvalue weighted by atomic mass is 9.87. The van der Waals surface area contributed by atoms with Crippen molar-refractivity contribution >= 4 is 27.8 Å². The Morgan fingerprint density at radius 3 is 2.32 bits per heavy atom. The lowest BCUT2D eigenvalue weighted by Gasteiger charge is -2.29. The molecule has 0 aliphatic rings. The van der Waals surface area contributed by atoms with Crippen LogP contribution in [0.2, 0.25) is 0 Å². The Morgan fingerprint density at radius 2 is 1.86 bits per heavy atom. The highest BCUT2D eigenvalue weighted by Crippen LogP contribution is 2.58. The molecular weight excluding hydrogens is 344 g/mol. The van der Waals surface area contributed by atoms with Crippen LogP contribution in [0, 0.1) is 5.41 Å². The quantitative estimate of drug-likeness (QED) is 0.189. The Labute approximate surface area is 126 Å². The first-order valence-electron chi connectivity index (χ1n) is 5.94. The third-order valence-corrected chi connectivity index (χ3v) is 4.49. The number of phosphoric ester groups is 1. The van der Waals surface area contributed by atoms with E-state index in [2.05, 4.69) is 14.2 Å². The predicted octanol–water partition coefficient (Wildman–Crippen LogP) is -0.695. The summed E-state index contributed by atoms with van der Waals surface area (Å²) >= 11 is 0. The van der Waals surface area contributed by atoms with Crippen LogP contribution >= 0.6 is 15.6 Å². The van der Waals surface area contributed by atoms with Gasteiger partial charge in [-0.3, -0.25) is 9.32 Å². The van der Waals surface area contributed by atoms with E-state index in [0.29, 0.717) is 6.29 Å². The number of aliphatic hydroxyl groups excluding tert-OH is 1. The number of phosphoric acid groups is 2. The Bertz CT molecular complexity index is 487. The molecule has 0 aromatic carbocycles. The number of carbonyl (C=O) groups is 2. The lowest BCUT2D eigenvalue weighted by molar-refractivity contribution is -0.136. The lowest BCUT2D eigenvalue weighted by Crippen LogP contribution is -2.46. The molecule has 0 saturated heterocycles. The van der Waals surface area contributed by atoms with Crippen molar-refractivity contribution in [3.8, 4) is 0 Å². The summed E-state index contributed by atoms with van der Waals surface area (Å²) < 4.78 is 29.7. The van der Waals surface area contributed by atoms with Crippen molar-refractivity contribution in [3.63, 3.8) is 0 Å². The van der Waals surface area contributed by atoms with Crippen LogP contribution in [-0.4, -0.2) is 51.2 Å². The van der Waals surface area contributed by atoms with E-state index in [4.69, 9.17) is 14.7 Å². The minimum atomic E-state index is -5.24. The van der Waals surface area contributed by atoms with E-state index in [1.807, 2.05) is 0 Å². The van der Waals surface area contributed by atoms with Gasteiger partial charge in [0.25, 0.3) is 0 Å². The Balaban J connectivity index is 4.61. The van der Waals surface area contributed by atoms with E-state index < -0.39 is 39.7 Å². The van der Waals surface area contributed by atoms with Crippen LogP contribution in [0.1, 0.15) is 20.3 Å². The predicted molar refractivity (Wildman–Crippen MR) is 72.4 cm³/mol. The third kappa shape index (κ3) is 8.72. The van der Waals surface area contributed by atoms with Crippen molar-refractivity contribution in [1.29, 1.82) is 0 Å². The molecule has 5 N–H and O–H groups in total. The van der Waals surface area contributed by atoms with Gasteiger partial charge in [0, 0.05) is 18.4 Å². The van der Waals surface area contributed by atoms with Gasteiger partial charge in [0.15, 0.2) is 0 Å². The van der Waals surface area contributed by atoms with Gasteiger partial charge in [-0.05, 0) is 0 Å². The summed E-state index contributed by atoms with van der Waals surface area (Å²) in [6.07, 6.45) is -1.03. The topological polar surface area (TPSA) is 180 Å². The van der Waals surface area contributed by atoms with Crippen LogP contribution in [0.5, 0.6) is 0 Å². The van der Waals surface area contributed by atoms with Crippen molar-refractivity contribution in [3.05, 3.63) is 0 Å². The molecule has 11 nitrogen and oxygen atoms in total. The van der Waals surface area contributed by atoms with Crippen LogP contribution in [0.4, 0.5) is 0 Å². The highest BCUT2D eigenvalue weighted by molar-refractivity contribution is 7.60. The number of carbonyl (C=O) groups excluding carboxylic acids is 2. The summed E-state index contributed by atoms with van der Waals surface area (Å²) in [5, 5.41) is 12.1. The molecule has 0 aromatic rings. The maximum absolute atomic E-state index is 11.6. The van der Waals surface area contributed by atoms with Gasteiger partial charge in [-0.15, -0.1) is 0 Å². The zero-order valence-electron chi connectivity index (χ0n) is 11.9. The molecule has 130 valence electrons. The maximum atomic E-state index is 11.6. The number of hydrogen-bond donors (Lipinski definition) is 5. The number of amides is 1. The number of hydrogen-bond acceptors (Lipinski definition) is 7. The molecule has 1 amide bonds. The Morgan fingerprint density at radius 1 is 1.32 bits per heavy atom. The summed E-state index contributed by atoms with van der Waals surface area (Å²) in [4.78, 5) is 47.7. The second-order valence-corrected chi connectivity index (χ2v) is 7.78. The first-order valence-corrected chi connectivity index (χ1v) is 8.97. The van der Waals surface area contributed by atoms with Gasteiger partial charge in [-0.1, -0.05) is 13.8 Å². The minimum absolute atomic E-state index is 0.0101. The van der Waals surface area contributed by atoms with Gasteiger partial charge in [-0.2, -0.15) is 4.31 Å². The van der Waals surface area contributed by atoms with E-state index in [9.17, 15) is 23.8 Å². The fourth-order valence-corrected chi connectivity index (χ4v) is 2.95. The Hall–Kier alpha value is -0.640. The number of aldehydes is 1. The second-order valence-electron chi connectivity index (χ2n) is 4.95. The van der Waals surface area contributed by atoms with Gasteiger partial charge in [0.05, 0.1) is 6.61 Å². The summed E-state index contributed by atoms with van der Waals surface area (Å²) in [5.41, 5.74) is -1.37. The van der Waals surface area contributed by atoms with E-state index in [1.54, 1.807) is 0 Å². The van der Waals surface area contributed by atoms with E-state index in [-0.39, 0.29) is 13.0 Å². The smallest absolute Gasteiger partial charge is 0.383 e. The largest absolute Gasteiger partial charge is 0.481 e. The molecule has 0 radical (unpaired) electrons. The van der Waals surface area contributed by atoms with Crippen LogP contribution < -0.4 is 5.32 Å². The van der Waals surface area contributed by atoms with Gasteiger partial charge >= 0.3 is 15.6 Å². The average Bonchev–Trinajstić information content (AvgIpc) is 2.33. The van der Waals surface area contributed by atoms with Gasteiger partial charge in [-0.25, -0.2) is 9.13 Å². The molecule has 22 heavy (non-hydrogen) atoms. The molecule has 0 rings (SSSR count). The van der Waals surface area contributed by atoms with Gasteiger partial charge in [0.1, 0.15) is 12.4 Å². The fourth-order valence-electron chi connectivity index (χ4n) is 1.19. The van der Waals surface area contributed by atoms with Crippen molar-refractivity contribution in [1.82, 2.24) is 5.32 Å². The van der Waals surface area contributed by atoms with Crippen LogP contribution in [0.3, 0.4) is 0 Å². The zero-order chi connectivity index (χ0) is 17.6. The van der Waals surface area contributed by atoms with E-state index >= 15 is 0 Å². The highest BCUT2D eigenvalue weighted by Gasteiger charge is 2.39. The molecule has 0 heterocycles. The molecule has 0 saturated carbocycles. The van der Waals surface area contributed by atoms with Crippen molar-refractivity contribution in [2.45, 2.75) is 26.4 Å². The molecule has 0 aliphatic heterocycles.